The van der Waals surface area contributed by atoms with Crippen LogP contribution in [-0.4, -0.2) is 29.2 Å². The van der Waals surface area contributed by atoms with E-state index < -0.39 is 6.10 Å². The molecule has 69 heavy (non-hydrogen) atoms. The summed E-state index contributed by atoms with van der Waals surface area (Å²) in [5.41, 5.74) is 11.4. The van der Waals surface area contributed by atoms with Gasteiger partial charge in [-0.1, -0.05) is 121 Å². The Morgan fingerprint density at radius 3 is 1.06 bits per heavy atom. The minimum atomic E-state index is -0.767. The van der Waals surface area contributed by atoms with Crippen molar-refractivity contribution in [3.05, 3.63) is 250 Å². The standard InChI is InChI=1S/C60H38N6O3/c67-55-43-22-1-7-28-49(43)64(50-29-8-2-23-44(50)55)40-19-13-16-37(34-40)58-61-59(38-17-14-20-41(35-38)65-51-30-9-3-24-45(51)56(68)46-25-4-10-31-52(46)65)63-60(62-58)39-18-15-21-42(36-39)66-53-32-11-5-26-47(53)57(69)48-27-6-12-33-54(48)66/h1-36,55,67H. The van der Waals surface area contributed by atoms with Crippen molar-refractivity contribution in [3.8, 4) is 45.5 Å². The third-order valence-corrected chi connectivity index (χ3v) is 13.2. The number of anilines is 3. The van der Waals surface area contributed by atoms with Gasteiger partial charge in [-0.15, -0.1) is 0 Å². The van der Waals surface area contributed by atoms with E-state index in [4.69, 9.17) is 15.0 Å². The zero-order valence-corrected chi connectivity index (χ0v) is 36.8. The summed E-state index contributed by atoms with van der Waals surface area (Å²) in [6.45, 7) is 0. The molecule has 0 bridgehead atoms. The van der Waals surface area contributed by atoms with Crippen LogP contribution in [0.4, 0.5) is 17.1 Å². The highest BCUT2D eigenvalue weighted by Crippen LogP contribution is 2.48. The smallest absolute Gasteiger partial charge is 0.197 e. The van der Waals surface area contributed by atoms with Crippen molar-refractivity contribution < 1.29 is 5.11 Å². The lowest BCUT2D eigenvalue weighted by Gasteiger charge is -2.36. The van der Waals surface area contributed by atoms with Gasteiger partial charge < -0.3 is 19.1 Å². The summed E-state index contributed by atoms with van der Waals surface area (Å²) in [6.07, 6.45) is -0.767. The number of nitrogens with zero attached hydrogens (tertiary/aromatic N) is 6. The molecule has 0 unspecified atom stereocenters. The highest BCUT2D eigenvalue weighted by atomic mass is 16.3. The van der Waals surface area contributed by atoms with Gasteiger partial charge in [-0.05, 0) is 97.1 Å². The van der Waals surface area contributed by atoms with Gasteiger partial charge in [-0.2, -0.15) is 0 Å². The van der Waals surface area contributed by atoms with Crippen molar-refractivity contribution in [2.75, 3.05) is 4.90 Å². The summed E-state index contributed by atoms with van der Waals surface area (Å²) < 4.78 is 4.24. The lowest BCUT2D eigenvalue weighted by Crippen LogP contribution is -2.21. The maximum Gasteiger partial charge on any atom is 0.197 e. The lowest BCUT2D eigenvalue weighted by molar-refractivity contribution is 0.219. The van der Waals surface area contributed by atoms with Crippen molar-refractivity contribution in [3.63, 3.8) is 0 Å². The molecule has 9 heteroatoms. The monoisotopic (exact) mass is 890 g/mol. The van der Waals surface area contributed by atoms with Crippen LogP contribution in [0.2, 0.25) is 0 Å². The number of fused-ring (bicyclic) bond motifs is 6. The summed E-state index contributed by atoms with van der Waals surface area (Å²) in [7, 11) is 0. The first-order valence-electron chi connectivity index (χ1n) is 22.8. The predicted molar refractivity (Wildman–Crippen MR) is 276 cm³/mol. The van der Waals surface area contributed by atoms with Gasteiger partial charge in [0.25, 0.3) is 0 Å². The quantitative estimate of drug-likeness (QED) is 0.166. The molecule has 0 spiro atoms. The molecule has 3 aromatic heterocycles. The molecule has 12 aromatic rings. The van der Waals surface area contributed by atoms with Gasteiger partial charge in [0.15, 0.2) is 28.3 Å². The second-order valence-electron chi connectivity index (χ2n) is 17.2. The van der Waals surface area contributed by atoms with Crippen molar-refractivity contribution in [1.82, 2.24) is 24.1 Å². The minimum Gasteiger partial charge on any atom is -0.383 e. The van der Waals surface area contributed by atoms with Crippen LogP contribution in [0.1, 0.15) is 17.2 Å². The van der Waals surface area contributed by atoms with Crippen molar-refractivity contribution in [2.45, 2.75) is 6.10 Å². The van der Waals surface area contributed by atoms with Gasteiger partial charge in [0, 0.05) is 66.4 Å². The van der Waals surface area contributed by atoms with E-state index in [1.807, 2.05) is 194 Å². The fourth-order valence-electron chi connectivity index (χ4n) is 10.1. The second-order valence-corrected chi connectivity index (χ2v) is 17.2. The van der Waals surface area contributed by atoms with Crippen LogP contribution >= 0.6 is 0 Å². The summed E-state index contributed by atoms with van der Waals surface area (Å²) in [5.74, 6) is 1.38. The molecular weight excluding hydrogens is 853 g/mol. The normalized spacial score (nSPS) is 12.4. The Labute approximate surface area is 394 Å². The Bertz CT molecular complexity index is 3840. The van der Waals surface area contributed by atoms with E-state index in [-0.39, 0.29) is 10.9 Å². The van der Waals surface area contributed by atoms with E-state index in [0.29, 0.717) is 39.0 Å². The third kappa shape index (κ3) is 6.47. The molecule has 326 valence electrons. The molecule has 0 saturated carbocycles. The molecule has 0 fully saturated rings. The largest absolute Gasteiger partial charge is 0.383 e. The Morgan fingerprint density at radius 2 is 0.667 bits per heavy atom. The molecular formula is C60H38N6O3. The summed E-state index contributed by atoms with van der Waals surface area (Å²) in [4.78, 5) is 45.4. The molecule has 0 atom stereocenters. The summed E-state index contributed by atoms with van der Waals surface area (Å²) in [5, 5.41) is 14.0. The number of aromatic nitrogens is 5. The molecule has 0 radical (unpaired) electrons. The molecule has 0 aliphatic carbocycles. The Kier molecular flexibility index (Phi) is 9.24. The number of pyridine rings is 2. The van der Waals surface area contributed by atoms with E-state index in [1.54, 1.807) is 0 Å². The second kappa shape index (κ2) is 15.9. The van der Waals surface area contributed by atoms with Gasteiger partial charge in [0.1, 0.15) is 6.10 Å². The number of rotatable bonds is 6. The maximum atomic E-state index is 13.8. The topological polar surface area (TPSA) is 106 Å². The molecule has 13 rings (SSSR count). The number of para-hydroxylation sites is 6. The van der Waals surface area contributed by atoms with E-state index >= 15 is 0 Å². The SMILES string of the molecule is O=c1c2ccccc2n(-c2cccc(-c3nc(-c4cccc(N5c6ccccc6C(O)c6ccccc65)c4)nc(-c4cccc(-n5c6ccccc6c(=O)c6ccccc65)c4)n3)c2)c2ccccc12. The fourth-order valence-corrected chi connectivity index (χ4v) is 10.1. The van der Waals surface area contributed by atoms with Crippen LogP contribution in [0, 0.1) is 0 Å². The fraction of sp³-hybridized carbons (Fsp3) is 0.0167. The maximum absolute atomic E-state index is 13.8. The lowest BCUT2D eigenvalue weighted by atomic mass is 9.92. The Morgan fingerprint density at radius 1 is 0.348 bits per heavy atom. The number of aliphatic hydroxyl groups is 1. The van der Waals surface area contributed by atoms with Crippen LogP contribution in [0.25, 0.3) is 89.2 Å². The average molecular weight is 891 g/mol. The number of hydrogen-bond donors (Lipinski definition) is 1. The molecule has 4 heterocycles. The van der Waals surface area contributed by atoms with Crippen molar-refractivity contribution in [1.29, 1.82) is 0 Å². The van der Waals surface area contributed by atoms with Crippen LogP contribution in [-0.2, 0) is 0 Å². The molecule has 1 aliphatic heterocycles. The highest BCUT2D eigenvalue weighted by Gasteiger charge is 2.30. The van der Waals surface area contributed by atoms with Crippen LogP contribution in [0.15, 0.2) is 228 Å². The summed E-state index contributed by atoms with van der Waals surface area (Å²) in [6, 6.07) is 71.0. The van der Waals surface area contributed by atoms with Crippen LogP contribution < -0.4 is 15.8 Å². The van der Waals surface area contributed by atoms with Gasteiger partial charge in [-0.25, -0.2) is 15.0 Å². The van der Waals surface area contributed by atoms with E-state index in [1.165, 1.54) is 0 Å². The molecule has 9 nitrogen and oxygen atoms in total. The zero-order chi connectivity index (χ0) is 46.2. The first kappa shape index (κ1) is 40.0. The molecule has 9 aromatic carbocycles. The predicted octanol–water partition coefficient (Wildman–Crippen LogP) is 12.7. The zero-order valence-electron chi connectivity index (χ0n) is 36.8. The van der Waals surface area contributed by atoms with E-state index in [9.17, 15) is 14.7 Å². The van der Waals surface area contributed by atoms with Crippen molar-refractivity contribution in [2.24, 2.45) is 0 Å². The average Bonchev–Trinajstić information content (AvgIpc) is 3.41. The number of hydrogen-bond acceptors (Lipinski definition) is 7. The first-order chi connectivity index (χ1) is 34.0. The molecule has 1 N–H and O–H groups in total. The van der Waals surface area contributed by atoms with E-state index in [2.05, 4.69) is 38.3 Å². The van der Waals surface area contributed by atoms with Crippen LogP contribution in [0.3, 0.4) is 0 Å². The molecule has 0 saturated heterocycles. The molecule has 1 aliphatic rings. The van der Waals surface area contributed by atoms with Gasteiger partial charge in [0.2, 0.25) is 0 Å². The minimum absolute atomic E-state index is 0.0133. The Balaban J connectivity index is 1.02. The summed E-state index contributed by atoms with van der Waals surface area (Å²) >= 11 is 0. The Hall–Kier alpha value is -9.31. The van der Waals surface area contributed by atoms with E-state index in [0.717, 1.165) is 78.3 Å². The van der Waals surface area contributed by atoms with Crippen LogP contribution in [0.5, 0.6) is 0 Å². The van der Waals surface area contributed by atoms with Crippen molar-refractivity contribution >= 4 is 60.7 Å². The molecule has 0 amide bonds. The highest BCUT2D eigenvalue weighted by molar-refractivity contribution is 5.97. The van der Waals surface area contributed by atoms with Gasteiger partial charge in [-0.3, -0.25) is 9.59 Å². The first-order valence-corrected chi connectivity index (χ1v) is 22.8. The van der Waals surface area contributed by atoms with Gasteiger partial charge >= 0.3 is 0 Å². The number of aliphatic hydroxyl groups excluding tert-OH is 1. The van der Waals surface area contributed by atoms with Gasteiger partial charge in [0.05, 0.1) is 33.4 Å². The third-order valence-electron chi connectivity index (χ3n) is 13.2. The number of benzene rings is 9.